The molecule has 0 spiro atoms. The normalized spacial score (nSPS) is 15.0. The second kappa shape index (κ2) is 30.6. The van der Waals surface area contributed by atoms with E-state index in [4.69, 9.17) is 17.2 Å². The van der Waals surface area contributed by atoms with Crippen molar-refractivity contribution < 1.29 is 78.0 Å². The summed E-state index contributed by atoms with van der Waals surface area (Å²) in [5.74, 6) is -13.0. The average molecular weight is 946 g/mol. The highest BCUT2D eigenvalue weighted by atomic mass is 16.4. The summed E-state index contributed by atoms with van der Waals surface area (Å²) < 4.78 is 0. The Labute approximate surface area is 380 Å². The van der Waals surface area contributed by atoms with E-state index in [1.54, 1.807) is 13.8 Å². The Hall–Kier alpha value is -6.48. The van der Waals surface area contributed by atoms with E-state index in [9.17, 15) is 78.0 Å². The smallest absolute Gasteiger partial charge is 0.326 e. The van der Waals surface area contributed by atoms with Gasteiger partial charge in [0.15, 0.2) is 0 Å². The van der Waals surface area contributed by atoms with Crippen LogP contribution in [-0.4, -0.2) is 159 Å². The summed E-state index contributed by atoms with van der Waals surface area (Å²) in [6.45, 7) is 6.28. The number of carbonyl (C=O) groups excluding carboxylic acids is 9. The molecule has 9 amide bonds. The van der Waals surface area contributed by atoms with Crippen molar-refractivity contribution in [2.45, 2.75) is 153 Å². The van der Waals surface area contributed by atoms with Gasteiger partial charge in [0.25, 0.3) is 0 Å². The molecule has 0 aromatic rings. The summed E-state index contributed by atoms with van der Waals surface area (Å²) >= 11 is 0. The van der Waals surface area contributed by atoms with Gasteiger partial charge in [-0.25, -0.2) is 4.79 Å². The molecule has 0 aliphatic rings. The maximum absolute atomic E-state index is 13.6. The Morgan fingerprint density at radius 1 is 0.455 bits per heavy atom. The van der Waals surface area contributed by atoms with E-state index in [2.05, 4.69) is 42.5 Å². The van der Waals surface area contributed by atoms with Crippen LogP contribution in [0.15, 0.2) is 0 Å². The van der Waals surface area contributed by atoms with Gasteiger partial charge in [-0.2, -0.15) is 0 Å². The molecule has 66 heavy (non-hydrogen) atoms. The largest absolute Gasteiger partial charge is 0.481 e. The topological polar surface area (TPSA) is 460 Å². The Morgan fingerprint density at radius 2 is 0.833 bits per heavy atom. The molecule has 0 aliphatic heterocycles. The lowest BCUT2D eigenvalue weighted by Crippen LogP contribution is -2.60. The highest BCUT2D eigenvalue weighted by molar-refractivity contribution is 5.98. The molecular formula is C39H67N11O16. The molecule has 0 aromatic carbocycles. The van der Waals surface area contributed by atoms with Crippen LogP contribution >= 0.6 is 0 Å². The Morgan fingerprint density at radius 3 is 1.23 bits per heavy atom. The molecular weight excluding hydrogens is 878 g/mol. The number of rotatable bonds is 33. The monoisotopic (exact) mass is 945 g/mol. The van der Waals surface area contributed by atoms with Gasteiger partial charge in [0.2, 0.25) is 53.2 Å². The number of unbranched alkanes of at least 4 members (excludes halogenated alkanes) is 1. The van der Waals surface area contributed by atoms with Crippen molar-refractivity contribution in [3.05, 3.63) is 0 Å². The molecule has 9 atom stereocenters. The number of aliphatic hydroxyl groups is 1. The van der Waals surface area contributed by atoms with E-state index < -0.39 is 158 Å². The third-order valence-corrected chi connectivity index (χ3v) is 9.57. The molecule has 0 heterocycles. The zero-order valence-corrected chi connectivity index (χ0v) is 37.7. The first kappa shape index (κ1) is 59.5. The number of hydrogen-bond acceptors (Lipinski definition) is 15. The van der Waals surface area contributed by atoms with Crippen LogP contribution in [0.1, 0.15) is 98.8 Å². The molecule has 27 nitrogen and oxygen atoms in total. The molecule has 0 aromatic heterocycles. The third-order valence-electron chi connectivity index (χ3n) is 9.57. The van der Waals surface area contributed by atoms with Crippen molar-refractivity contribution >= 4 is 71.1 Å². The van der Waals surface area contributed by atoms with Gasteiger partial charge in [0.05, 0.1) is 12.6 Å². The molecule has 374 valence electrons. The van der Waals surface area contributed by atoms with Crippen LogP contribution < -0.4 is 59.7 Å². The molecule has 0 saturated heterocycles. The molecule has 0 fully saturated rings. The first-order valence-corrected chi connectivity index (χ1v) is 21.2. The minimum absolute atomic E-state index is 0.0482. The fourth-order valence-corrected chi connectivity index (χ4v) is 5.73. The first-order chi connectivity index (χ1) is 30.7. The van der Waals surface area contributed by atoms with Crippen LogP contribution in [0.3, 0.4) is 0 Å². The second-order valence-electron chi connectivity index (χ2n) is 15.9. The number of carboxylic acids is 3. The lowest BCUT2D eigenvalue weighted by atomic mass is 10.0. The van der Waals surface area contributed by atoms with Crippen LogP contribution in [0.25, 0.3) is 0 Å². The Bertz CT molecular complexity index is 1730. The molecule has 0 rings (SSSR count). The van der Waals surface area contributed by atoms with Crippen molar-refractivity contribution in [3.8, 4) is 0 Å². The minimum atomic E-state index is -1.67. The summed E-state index contributed by atoms with van der Waals surface area (Å²) in [6, 6.07) is -13.0. The van der Waals surface area contributed by atoms with E-state index in [-0.39, 0.29) is 31.6 Å². The fourth-order valence-electron chi connectivity index (χ4n) is 5.73. The molecule has 0 radical (unpaired) electrons. The number of hydrogen-bond donors (Lipinski definition) is 15. The SMILES string of the molecule is CC(C)C[C@H](NC(=O)[C@H](CO)NC(=O)[C@H](C)NC(=O)[C@@H](N)CCC(N)=O)C(=O)N[C@@H](CCC(=O)O)C(=O)N[C@@H](C)C(=O)N[C@@H](CCC(=O)O)C(=O)N[C@@H](C)C(=O)N[C@@H](CCCCN)C(=O)O. The number of amides is 9. The van der Waals surface area contributed by atoms with Gasteiger partial charge in [0, 0.05) is 19.3 Å². The van der Waals surface area contributed by atoms with E-state index in [0.29, 0.717) is 19.4 Å². The number of carboxylic acid groups (broad SMARTS) is 3. The number of primary amides is 1. The van der Waals surface area contributed by atoms with Gasteiger partial charge < -0.3 is 80.2 Å². The minimum Gasteiger partial charge on any atom is -0.481 e. The number of aliphatic carboxylic acids is 3. The summed E-state index contributed by atoms with van der Waals surface area (Å²) in [5.41, 5.74) is 16.2. The van der Waals surface area contributed by atoms with Crippen LogP contribution in [-0.2, 0) is 57.5 Å². The lowest BCUT2D eigenvalue weighted by Gasteiger charge is -2.27. The van der Waals surface area contributed by atoms with Crippen LogP contribution in [0.4, 0.5) is 0 Å². The molecule has 0 unspecified atom stereocenters. The van der Waals surface area contributed by atoms with Crippen LogP contribution in [0.5, 0.6) is 0 Å². The van der Waals surface area contributed by atoms with Crippen molar-refractivity contribution in [2.75, 3.05) is 13.2 Å². The molecule has 0 aliphatic carbocycles. The van der Waals surface area contributed by atoms with E-state index >= 15 is 0 Å². The zero-order chi connectivity index (χ0) is 50.8. The van der Waals surface area contributed by atoms with Gasteiger partial charge in [-0.05, 0) is 78.2 Å². The first-order valence-electron chi connectivity index (χ1n) is 21.2. The van der Waals surface area contributed by atoms with E-state index in [1.807, 2.05) is 0 Å². The quantitative estimate of drug-likeness (QED) is 0.0273. The van der Waals surface area contributed by atoms with Gasteiger partial charge in [-0.15, -0.1) is 0 Å². The predicted octanol–water partition coefficient (Wildman–Crippen LogP) is -5.50. The standard InChI is InChI=1S/C39H67N11O16/c1-18(2)16-26(49-38(64)27(17-51)50-33(59)19(3)43-34(60)22(41)9-12-28(42)52)37(63)47-24(11-14-30(55)56)36(62)44-20(4)31(57)46-23(10-13-29(53)54)35(61)45-21(5)32(58)48-25(39(65)66)8-6-7-15-40/h18-27,51H,6-17,40-41H2,1-5H3,(H2,42,52)(H,43,60)(H,44,62)(H,45,61)(H,46,57)(H,47,63)(H,48,58)(H,49,64)(H,50,59)(H,53,54)(H,55,56)(H,65,66)/t19-,20-,21-,22-,23-,24-,25-,26-,27-/m0/s1. The number of aliphatic hydroxyl groups excluding tert-OH is 1. The summed E-state index contributed by atoms with van der Waals surface area (Å²) in [5, 5.41) is 56.4. The van der Waals surface area contributed by atoms with Crippen molar-refractivity contribution in [3.63, 3.8) is 0 Å². The van der Waals surface area contributed by atoms with Crippen LogP contribution in [0.2, 0.25) is 0 Å². The van der Waals surface area contributed by atoms with Crippen molar-refractivity contribution in [1.82, 2.24) is 42.5 Å². The number of nitrogens with two attached hydrogens (primary N) is 3. The van der Waals surface area contributed by atoms with Crippen molar-refractivity contribution in [1.29, 1.82) is 0 Å². The number of nitrogens with one attached hydrogen (secondary N) is 8. The third kappa shape index (κ3) is 24.0. The molecule has 27 heteroatoms. The Balaban J connectivity index is 6.01. The summed E-state index contributed by atoms with van der Waals surface area (Å²) in [7, 11) is 0. The second-order valence-corrected chi connectivity index (χ2v) is 15.9. The van der Waals surface area contributed by atoms with Crippen LogP contribution in [0, 0.1) is 5.92 Å². The maximum Gasteiger partial charge on any atom is 0.326 e. The van der Waals surface area contributed by atoms with Gasteiger partial charge >= 0.3 is 17.9 Å². The van der Waals surface area contributed by atoms with E-state index in [1.165, 1.54) is 13.8 Å². The van der Waals surface area contributed by atoms with Crippen molar-refractivity contribution in [2.24, 2.45) is 23.1 Å². The molecule has 18 N–H and O–H groups in total. The molecule has 0 bridgehead atoms. The fraction of sp³-hybridized carbons (Fsp3) is 0.692. The van der Waals surface area contributed by atoms with Gasteiger partial charge in [0.1, 0.15) is 48.3 Å². The van der Waals surface area contributed by atoms with Gasteiger partial charge in [-0.3, -0.25) is 52.7 Å². The molecule has 0 saturated carbocycles. The van der Waals surface area contributed by atoms with E-state index in [0.717, 1.165) is 6.92 Å². The highest BCUT2D eigenvalue weighted by Gasteiger charge is 2.34. The number of carbonyl (C=O) groups is 12. The lowest BCUT2D eigenvalue weighted by molar-refractivity contribution is -0.142. The Kier molecular flexibility index (Phi) is 27.6. The average Bonchev–Trinajstić information content (AvgIpc) is 3.22. The predicted molar refractivity (Wildman–Crippen MR) is 230 cm³/mol. The highest BCUT2D eigenvalue weighted by Crippen LogP contribution is 2.09. The zero-order valence-electron chi connectivity index (χ0n) is 37.7. The summed E-state index contributed by atoms with van der Waals surface area (Å²) in [6.07, 6.45) is -1.81. The maximum atomic E-state index is 13.6. The van der Waals surface area contributed by atoms with Gasteiger partial charge in [-0.1, -0.05) is 13.8 Å². The summed E-state index contributed by atoms with van der Waals surface area (Å²) in [4.78, 5) is 150.